The molecule has 0 amide bonds. The van der Waals surface area contributed by atoms with Gasteiger partial charge < -0.3 is 5.32 Å². The van der Waals surface area contributed by atoms with E-state index in [9.17, 15) is 17.6 Å². The molecule has 0 aliphatic heterocycles. The molecule has 0 aliphatic rings. The molecule has 1 unspecified atom stereocenters. The lowest BCUT2D eigenvalue weighted by atomic mass is 9.95. The molecule has 1 nitrogen and oxygen atoms in total. The number of hydrogen-bond acceptors (Lipinski definition) is 1. The summed E-state index contributed by atoms with van der Waals surface area (Å²) >= 11 is 0. The van der Waals surface area contributed by atoms with Gasteiger partial charge in [0.2, 0.25) is 0 Å². The van der Waals surface area contributed by atoms with Crippen LogP contribution in [0.2, 0.25) is 0 Å². The third-order valence-corrected chi connectivity index (χ3v) is 3.05. The monoisotopic (exact) mass is 289 g/mol. The van der Waals surface area contributed by atoms with Gasteiger partial charge in [-0.15, -0.1) is 6.58 Å². The van der Waals surface area contributed by atoms with Crippen LogP contribution in [0.3, 0.4) is 0 Å². The number of allylic oxidation sites excluding steroid dienone is 1. The summed E-state index contributed by atoms with van der Waals surface area (Å²) < 4.78 is 52.3. The summed E-state index contributed by atoms with van der Waals surface area (Å²) in [6.07, 6.45) is -0.825. The molecule has 0 fully saturated rings. The highest BCUT2D eigenvalue weighted by Gasteiger charge is 2.35. The van der Waals surface area contributed by atoms with E-state index in [0.29, 0.717) is 19.4 Å². The first kappa shape index (κ1) is 16.7. The van der Waals surface area contributed by atoms with Gasteiger partial charge in [0.05, 0.1) is 5.56 Å². The van der Waals surface area contributed by atoms with Crippen LogP contribution in [0.25, 0.3) is 0 Å². The van der Waals surface area contributed by atoms with E-state index >= 15 is 0 Å². The standard InChI is InChI=1S/C15H19F4N/c1-3-5-6-7-14(20-4-2)12-10-11(16)8-9-13(12)15(17,18)19/h3,8-10,14,20H,1,4-7H2,2H3. The Labute approximate surface area is 116 Å². The molecule has 1 rings (SSSR count). The van der Waals surface area contributed by atoms with Gasteiger partial charge in [-0.05, 0) is 49.6 Å². The van der Waals surface area contributed by atoms with Gasteiger partial charge in [0.15, 0.2) is 0 Å². The second kappa shape index (κ2) is 7.43. The third-order valence-electron chi connectivity index (χ3n) is 3.05. The Bertz CT molecular complexity index is 440. The lowest BCUT2D eigenvalue weighted by Gasteiger charge is -2.22. The van der Waals surface area contributed by atoms with Crippen molar-refractivity contribution in [1.29, 1.82) is 0 Å². The van der Waals surface area contributed by atoms with Crippen LogP contribution in [-0.4, -0.2) is 6.54 Å². The van der Waals surface area contributed by atoms with E-state index < -0.39 is 23.6 Å². The number of nitrogens with one attached hydrogen (secondary N) is 1. The highest BCUT2D eigenvalue weighted by Crippen LogP contribution is 2.36. The highest BCUT2D eigenvalue weighted by molar-refractivity contribution is 5.33. The van der Waals surface area contributed by atoms with E-state index in [1.807, 2.05) is 6.92 Å². The van der Waals surface area contributed by atoms with Crippen LogP contribution in [0.5, 0.6) is 0 Å². The fourth-order valence-corrected chi connectivity index (χ4v) is 2.16. The molecule has 0 spiro atoms. The molecule has 0 saturated carbocycles. The Hall–Kier alpha value is -1.36. The van der Waals surface area contributed by atoms with Gasteiger partial charge in [-0.3, -0.25) is 0 Å². The lowest BCUT2D eigenvalue weighted by Crippen LogP contribution is -2.24. The van der Waals surface area contributed by atoms with Gasteiger partial charge in [0.25, 0.3) is 0 Å². The van der Waals surface area contributed by atoms with Gasteiger partial charge in [-0.2, -0.15) is 13.2 Å². The highest BCUT2D eigenvalue weighted by atomic mass is 19.4. The zero-order chi connectivity index (χ0) is 15.2. The summed E-state index contributed by atoms with van der Waals surface area (Å²) in [5, 5.41) is 3.00. The van der Waals surface area contributed by atoms with Crippen molar-refractivity contribution in [2.75, 3.05) is 6.54 Å². The molecule has 5 heteroatoms. The van der Waals surface area contributed by atoms with Crippen molar-refractivity contribution in [2.24, 2.45) is 0 Å². The van der Waals surface area contributed by atoms with Gasteiger partial charge in [-0.25, -0.2) is 4.39 Å². The fraction of sp³-hybridized carbons (Fsp3) is 0.467. The van der Waals surface area contributed by atoms with E-state index in [1.54, 1.807) is 6.08 Å². The first-order valence-electron chi connectivity index (χ1n) is 6.61. The minimum atomic E-state index is -4.48. The minimum absolute atomic E-state index is 0.0246. The molecule has 0 bridgehead atoms. The molecule has 1 atom stereocenters. The zero-order valence-corrected chi connectivity index (χ0v) is 11.4. The first-order valence-corrected chi connectivity index (χ1v) is 6.61. The summed E-state index contributed by atoms with van der Waals surface area (Å²) in [5.74, 6) is -0.653. The SMILES string of the molecule is C=CCCCC(NCC)c1cc(F)ccc1C(F)(F)F. The molecule has 0 saturated heterocycles. The van der Waals surface area contributed by atoms with Crippen LogP contribution in [-0.2, 0) is 6.18 Å². The number of benzene rings is 1. The smallest absolute Gasteiger partial charge is 0.310 e. The van der Waals surface area contributed by atoms with Crippen molar-refractivity contribution in [1.82, 2.24) is 5.32 Å². The average Bonchev–Trinajstić information content (AvgIpc) is 2.36. The van der Waals surface area contributed by atoms with Crippen LogP contribution in [0, 0.1) is 5.82 Å². The molecule has 1 aromatic carbocycles. The van der Waals surface area contributed by atoms with Crippen molar-refractivity contribution in [3.05, 3.63) is 47.8 Å². The van der Waals surface area contributed by atoms with E-state index in [0.717, 1.165) is 24.6 Å². The summed E-state index contributed by atoms with van der Waals surface area (Å²) in [6, 6.07) is 2.12. The van der Waals surface area contributed by atoms with Crippen LogP contribution >= 0.6 is 0 Å². The number of unbranched alkanes of at least 4 members (excludes halogenated alkanes) is 1. The van der Waals surface area contributed by atoms with Gasteiger partial charge in [0, 0.05) is 6.04 Å². The minimum Gasteiger partial charge on any atom is -0.310 e. The predicted octanol–water partition coefficient (Wildman–Crippen LogP) is 4.85. The Morgan fingerprint density at radius 1 is 1.35 bits per heavy atom. The third kappa shape index (κ3) is 4.63. The first-order chi connectivity index (χ1) is 9.40. The van der Waals surface area contributed by atoms with Crippen LogP contribution in [0.4, 0.5) is 17.6 Å². The van der Waals surface area contributed by atoms with Gasteiger partial charge in [0.1, 0.15) is 5.82 Å². The molecule has 0 heterocycles. The van der Waals surface area contributed by atoms with Crippen molar-refractivity contribution < 1.29 is 17.6 Å². The quantitative estimate of drug-likeness (QED) is 0.430. The number of alkyl halides is 3. The number of rotatable bonds is 7. The summed E-state index contributed by atoms with van der Waals surface area (Å²) in [4.78, 5) is 0. The molecule has 20 heavy (non-hydrogen) atoms. The largest absolute Gasteiger partial charge is 0.416 e. The maximum absolute atomic E-state index is 13.3. The molecule has 1 aromatic rings. The van der Waals surface area contributed by atoms with Crippen molar-refractivity contribution in [2.45, 2.75) is 38.4 Å². The summed E-state index contributed by atoms with van der Waals surface area (Å²) in [5.41, 5.74) is -0.799. The Kier molecular flexibility index (Phi) is 6.20. The lowest BCUT2D eigenvalue weighted by molar-refractivity contribution is -0.138. The molecule has 0 aromatic heterocycles. The molecule has 112 valence electrons. The topological polar surface area (TPSA) is 12.0 Å². The van der Waals surface area contributed by atoms with Crippen LogP contribution < -0.4 is 5.32 Å². The Balaban J connectivity index is 3.09. The van der Waals surface area contributed by atoms with Gasteiger partial charge >= 0.3 is 6.18 Å². The summed E-state index contributed by atoms with van der Waals surface area (Å²) in [6.45, 7) is 5.92. The maximum atomic E-state index is 13.3. The van der Waals surface area contributed by atoms with E-state index in [2.05, 4.69) is 11.9 Å². The van der Waals surface area contributed by atoms with Gasteiger partial charge in [-0.1, -0.05) is 13.0 Å². The molecular weight excluding hydrogens is 270 g/mol. The molecule has 0 radical (unpaired) electrons. The predicted molar refractivity (Wildman–Crippen MR) is 71.9 cm³/mol. The van der Waals surface area contributed by atoms with Crippen LogP contribution in [0.1, 0.15) is 43.4 Å². The number of halogens is 4. The molecular formula is C15H19F4N. The number of hydrogen-bond donors (Lipinski definition) is 1. The Morgan fingerprint density at radius 3 is 2.60 bits per heavy atom. The van der Waals surface area contributed by atoms with E-state index in [1.165, 1.54) is 0 Å². The van der Waals surface area contributed by atoms with Crippen molar-refractivity contribution in [3.8, 4) is 0 Å². The maximum Gasteiger partial charge on any atom is 0.416 e. The molecule has 0 aliphatic carbocycles. The Morgan fingerprint density at radius 2 is 2.05 bits per heavy atom. The van der Waals surface area contributed by atoms with Crippen molar-refractivity contribution in [3.63, 3.8) is 0 Å². The summed E-state index contributed by atoms with van der Waals surface area (Å²) in [7, 11) is 0. The molecule has 1 N–H and O–H groups in total. The van der Waals surface area contributed by atoms with Crippen molar-refractivity contribution >= 4 is 0 Å². The van der Waals surface area contributed by atoms with E-state index in [-0.39, 0.29) is 5.56 Å². The van der Waals surface area contributed by atoms with E-state index in [4.69, 9.17) is 0 Å². The second-order valence-electron chi connectivity index (χ2n) is 4.56. The normalized spacial score (nSPS) is 13.2. The fourth-order valence-electron chi connectivity index (χ4n) is 2.16. The van der Waals surface area contributed by atoms with Crippen LogP contribution in [0.15, 0.2) is 30.9 Å². The average molecular weight is 289 g/mol. The zero-order valence-electron chi connectivity index (χ0n) is 11.4. The second-order valence-corrected chi connectivity index (χ2v) is 4.56.